The Balaban J connectivity index is 0.000000158. The molecule has 1 aromatic carbocycles. The summed E-state index contributed by atoms with van der Waals surface area (Å²) in [5.74, 6) is 0. The van der Waals surface area contributed by atoms with Gasteiger partial charge in [-0.2, -0.15) is 0 Å². The number of fused-ring (bicyclic) bond motifs is 1. The molecular formula is C11H14N6. The first-order valence-corrected chi connectivity index (χ1v) is 4.97. The van der Waals surface area contributed by atoms with Gasteiger partial charge in [-0.25, -0.2) is 19.9 Å². The number of H-pyrrole nitrogens is 1. The quantitative estimate of drug-likeness (QED) is 0.601. The summed E-state index contributed by atoms with van der Waals surface area (Å²) in [5, 5.41) is 0. The second-order valence-electron chi connectivity index (χ2n) is 2.71. The van der Waals surface area contributed by atoms with E-state index in [0.717, 1.165) is 11.0 Å². The second kappa shape index (κ2) is 7.89. The molecule has 0 unspecified atom stereocenters. The molecule has 0 atom stereocenters. The molecule has 0 spiro atoms. The van der Waals surface area contributed by atoms with Crippen molar-refractivity contribution >= 4 is 11.0 Å². The lowest BCUT2D eigenvalue weighted by Gasteiger charge is -1.81. The van der Waals surface area contributed by atoms with E-state index in [1.165, 1.54) is 26.0 Å². The first-order chi connectivity index (χ1) is 8.47. The van der Waals surface area contributed by atoms with Crippen molar-refractivity contribution in [3.63, 3.8) is 0 Å². The highest BCUT2D eigenvalue weighted by Gasteiger charge is 1.88. The molecule has 0 radical (unpaired) electrons. The third-order valence-electron chi connectivity index (χ3n) is 1.73. The van der Waals surface area contributed by atoms with Gasteiger partial charge in [0.1, 0.15) is 19.0 Å². The Bertz CT molecular complexity index is 450. The van der Waals surface area contributed by atoms with Crippen molar-refractivity contribution < 1.29 is 0 Å². The number of nitrogens with two attached hydrogens (primary N) is 1. The summed E-state index contributed by atoms with van der Waals surface area (Å²) in [6.07, 6.45) is 6.01. The molecule has 0 bridgehead atoms. The minimum absolute atomic E-state index is 1.03. The highest BCUT2D eigenvalue weighted by atomic mass is 14.9. The molecule has 0 amide bonds. The smallest absolute Gasteiger partial charge is 0.119 e. The van der Waals surface area contributed by atoms with Gasteiger partial charge in [-0.15, -0.1) is 0 Å². The molecule has 0 aliphatic heterocycles. The molecule has 17 heavy (non-hydrogen) atoms. The van der Waals surface area contributed by atoms with Crippen LogP contribution >= 0.6 is 0 Å². The van der Waals surface area contributed by atoms with Crippen LogP contribution in [0.25, 0.3) is 11.0 Å². The van der Waals surface area contributed by atoms with Gasteiger partial charge in [-0.1, -0.05) is 12.1 Å². The van der Waals surface area contributed by atoms with E-state index in [9.17, 15) is 0 Å². The fourth-order valence-electron chi connectivity index (χ4n) is 1.08. The molecular weight excluding hydrogens is 216 g/mol. The topological polar surface area (TPSA) is 93.4 Å². The largest absolute Gasteiger partial charge is 0.345 e. The third-order valence-corrected chi connectivity index (χ3v) is 1.73. The van der Waals surface area contributed by atoms with E-state index in [2.05, 4.69) is 30.7 Å². The Morgan fingerprint density at radius 3 is 2.06 bits per heavy atom. The summed E-state index contributed by atoms with van der Waals surface area (Å²) < 4.78 is 0. The summed E-state index contributed by atoms with van der Waals surface area (Å²) in [7, 11) is 1.50. The molecule has 88 valence electrons. The SMILES string of the molecule is CN.c1ccc2[nH]cnc2c1.c1ncncn1. The van der Waals surface area contributed by atoms with E-state index in [1.54, 1.807) is 6.33 Å². The maximum Gasteiger partial charge on any atom is 0.119 e. The van der Waals surface area contributed by atoms with Crippen LogP contribution < -0.4 is 5.73 Å². The Morgan fingerprint density at radius 1 is 0.941 bits per heavy atom. The zero-order valence-electron chi connectivity index (χ0n) is 9.49. The number of nitrogens with zero attached hydrogens (tertiary/aromatic N) is 4. The van der Waals surface area contributed by atoms with Gasteiger partial charge < -0.3 is 10.7 Å². The number of aromatic amines is 1. The molecule has 3 rings (SSSR count). The third kappa shape index (κ3) is 4.35. The van der Waals surface area contributed by atoms with Crippen molar-refractivity contribution in [1.82, 2.24) is 24.9 Å². The molecule has 0 saturated heterocycles. The van der Waals surface area contributed by atoms with Crippen molar-refractivity contribution in [2.24, 2.45) is 5.73 Å². The summed E-state index contributed by atoms with van der Waals surface area (Å²) in [5.41, 5.74) is 6.62. The van der Waals surface area contributed by atoms with E-state index in [4.69, 9.17) is 0 Å². The Kier molecular flexibility index (Phi) is 5.91. The molecule has 0 aliphatic carbocycles. The summed E-state index contributed by atoms with van der Waals surface area (Å²) >= 11 is 0. The monoisotopic (exact) mass is 230 g/mol. The maximum atomic E-state index is 4.50. The first-order valence-electron chi connectivity index (χ1n) is 4.97. The highest BCUT2D eigenvalue weighted by Crippen LogP contribution is 2.05. The molecule has 0 saturated carbocycles. The zero-order chi connectivity index (χ0) is 12.3. The molecule has 0 fully saturated rings. The lowest BCUT2D eigenvalue weighted by Crippen LogP contribution is -1.73. The lowest BCUT2D eigenvalue weighted by atomic mass is 10.3. The van der Waals surface area contributed by atoms with Gasteiger partial charge in [0.15, 0.2) is 0 Å². The van der Waals surface area contributed by atoms with Gasteiger partial charge in [-0.05, 0) is 19.2 Å². The van der Waals surface area contributed by atoms with Gasteiger partial charge in [0, 0.05) is 0 Å². The van der Waals surface area contributed by atoms with E-state index >= 15 is 0 Å². The number of hydrogen-bond acceptors (Lipinski definition) is 5. The Labute approximate surface area is 99.0 Å². The van der Waals surface area contributed by atoms with Crippen LogP contribution in [0.3, 0.4) is 0 Å². The number of para-hydroxylation sites is 2. The van der Waals surface area contributed by atoms with Gasteiger partial charge in [0.2, 0.25) is 0 Å². The molecule has 3 N–H and O–H groups in total. The van der Waals surface area contributed by atoms with E-state index in [0.29, 0.717) is 0 Å². The molecule has 2 aromatic heterocycles. The van der Waals surface area contributed by atoms with Crippen molar-refractivity contribution in [1.29, 1.82) is 0 Å². The molecule has 6 nitrogen and oxygen atoms in total. The predicted molar refractivity (Wildman–Crippen MR) is 66.0 cm³/mol. The van der Waals surface area contributed by atoms with Crippen molar-refractivity contribution in [3.05, 3.63) is 49.6 Å². The van der Waals surface area contributed by atoms with Crippen molar-refractivity contribution in [3.8, 4) is 0 Å². The van der Waals surface area contributed by atoms with Crippen molar-refractivity contribution in [2.75, 3.05) is 7.05 Å². The summed E-state index contributed by atoms with van der Waals surface area (Å²) in [6.45, 7) is 0. The Hall–Kier alpha value is -2.34. The number of aromatic nitrogens is 5. The average molecular weight is 230 g/mol. The van der Waals surface area contributed by atoms with Crippen LogP contribution in [0.5, 0.6) is 0 Å². The van der Waals surface area contributed by atoms with Gasteiger partial charge in [0.05, 0.1) is 17.4 Å². The number of hydrogen-bond donors (Lipinski definition) is 2. The number of benzene rings is 1. The van der Waals surface area contributed by atoms with Crippen LogP contribution in [-0.2, 0) is 0 Å². The van der Waals surface area contributed by atoms with Crippen molar-refractivity contribution in [2.45, 2.75) is 0 Å². The number of nitrogens with one attached hydrogen (secondary N) is 1. The van der Waals surface area contributed by atoms with Crippen LogP contribution in [0.2, 0.25) is 0 Å². The number of imidazole rings is 1. The van der Waals surface area contributed by atoms with Gasteiger partial charge in [-0.3, -0.25) is 0 Å². The van der Waals surface area contributed by atoms with Gasteiger partial charge >= 0.3 is 0 Å². The molecule has 2 heterocycles. The molecule has 6 heteroatoms. The normalized spacial score (nSPS) is 8.59. The summed E-state index contributed by atoms with van der Waals surface area (Å²) in [6, 6.07) is 7.94. The summed E-state index contributed by atoms with van der Waals surface area (Å²) in [4.78, 5) is 17.8. The fourth-order valence-corrected chi connectivity index (χ4v) is 1.08. The van der Waals surface area contributed by atoms with E-state index in [-0.39, 0.29) is 0 Å². The highest BCUT2D eigenvalue weighted by molar-refractivity contribution is 5.73. The van der Waals surface area contributed by atoms with Crippen LogP contribution in [0.15, 0.2) is 49.6 Å². The predicted octanol–water partition coefficient (Wildman–Crippen LogP) is 1.01. The average Bonchev–Trinajstić information content (AvgIpc) is 2.92. The molecule has 0 aliphatic rings. The van der Waals surface area contributed by atoms with E-state index in [1.807, 2.05) is 24.3 Å². The fraction of sp³-hybridized carbons (Fsp3) is 0.0909. The first kappa shape index (κ1) is 12.7. The van der Waals surface area contributed by atoms with Crippen LogP contribution in [0.4, 0.5) is 0 Å². The minimum Gasteiger partial charge on any atom is -0.345 e. The zero-order valence-corrected chi connectivity index (χ0v) is 9.49. The van der Waals surface area contributed by atoms with Crippen LogP contribution in [0.1, 0.15) is 0 Å². The van der Waals surface area contributed by atoms with Gasteiger partial charge in [0.25, 0.3) is 0 Å². The molecule has 3 aromatic rings. The van der Waals surface area contributed by atoms with E-state index < -0.39 is 0 Å². The number of rotatable bonds is 0. The minimum atomic E-state index is 1.03. The Morgan fingerprint density at radius 2 is 1.53 bits per heavy atom. The van der Waals surface area contributed by atoms with Crippen LogP contribution in [0, 0.1) is 0 Å². The maximum absolute atomic E-state index is 4.50. The second-order valence-corrected chi connectivity index (χ2v) is 2.71. The lowest BCUT2D eigenvalue weighted by molar-refractivity contribution is 1.05. The van der Waals surface area contributed by atoms with Crippen LogP contribution in [-0.4, -0.2) is 32.0 Å². The standard InChI is InChI=1S/C7H6N2.C3H3N3.CH5N/c1-2-4-7-6(3-1)8-5-9-7;1-4-2-6-3-5-1;1-2/h1-5H,(H,8,9);1-3H;2H2,1H3.